The van der Waals surface area contributed by atoms with Crippen LogP contribution < -0.4 is 11.2 Å². The normalized spacial score (nSPS) is 8.89. The maximum Gasteiger partial charge on any atom is 0.332 e. The van der Waals surface area contributed by atoms with E-state index >= 15 is 0 Å². The van der Waals surface area contributed by atoms with Crippen molar-refractivity contribution in [3.8, 4) is 0 Å². The van der Waals surface area contributed by atoms with Gasteiger partial charge < -0.3 is 5.73 Å². The van der Waals surface area contributed by atoms with Gasteiger partial charge in [0.05, 0.1) is 6.20 Å². The zero-order valence-corrected chi connectivity index (χ0v) is 4.61. The summed E-state index contributed by atoms with van der Waals surface area (Å²) in [7, 11) is 0. The van der Waals surface area contributed by atoms with Crippen molar-refractivity contribution in [1.29, 1.82) is 0 Å². The zero-order valence-electron chi connectivity index (χ0n) is 4.61. The van der Waals surface area contributed by atoms with E-state index in [9.17, 15) is 4.79 Å². The first kappa shape index (κ1) is 5.61. The minimum absolute atomic E-state index is 0.626. The van der Waals surface area contributed by atoms with E-state index in [-0.39, 0.29) is 0 Å². The van der Waals surface area contributed by atoms with Gasteiger partial charge in [-0.15, -0.1) is 0 Å². The molecule has 1 rings (SSSR count). The molecule has 0 aromatic carbocycles. The fourth-order valence-corrected chi connectivity index (χ4v) is 0.448. The topological polar surface area (TPSA) is 72.9 Å². The molecule has 0 aliphatic heterocycles. The van der Waals surface area contributed by atoms with Crippen molar-refractivity contribution in [3.63, 3.8) is 0 Å². The van der Waals surface area contributed by atoms with Crippen LogP contribution in [0.4, 0.5) is 4.79 Å². The number of amides is 2. The molecule has 5 nitrogen and oxygen atoms in total. The largest absolute Gasteiger partial charge is 0.350 e. The number of hydrogen-bond acceptors (Lipinski definition) is 2. The molecule has 2 amide bonds. The summed E-state index contributed by atoms with van der Waals surface area (Å²) in [6, 6.07) is 1.05. The molecule has 1 aromatic rings. The third kappa shape index (κ3) is 1.45. The molecule has 5 heteroatoms. The fraction of sp³-hybridized carbons (Fsp3) is 0. The second-order valence-electron chi connectivity index (χ2n) is 1.43. The highest BCUT2D eigenvalue weighted by Gasteiger charge is 1.89. The standard InChI is InChI=1S/C4H6N4O/c5-4(9)7-8-3-1-2-6-8/h1-3H,(H3,5,7,9). The molecule has 0 aliphatic carbocycles. The Kier molecular flexibility index (Phi) is 1.35. The van der Waals surface area contributed by atoms with Crippen LogP contribution in [-0.4, -0.2) is 15.9 Å². The van der Waals surface area contributed by atoms with Crippen LogP contribution in [0.2, 0.25) is 0 Å². The first-order chi connectivity index (χ1) is 4.29. The number of primary amides is 1. The first-order valence-electron chi connectivity index (χ1n) is 2.35. The number of carbonyl (C=O) groups excluding carboxylic acids is 1. The third-order valence-corrected chi connectivity index (χ3v) is 0.729. The Balaban J connectivity index is 2.58. The fourth-order valence-electron chi connectivity index (χ4n) is 0.448. The van der Waals surface area contributed by atoms with Crippen LogP contribution in [0.3, 0.4) is 0 Å². The molecule has 9 heavy (non-hydrogen) atoms. The number of nitrogens with two attached hydrogens (primary N) is 1. The average Bonchev–Trinajstić information content (AvgIpc) is 2.15. The third-order valence-electron chi connectivity index (χ3n) is 0.729. The van der Waals surface area contributed by atoms with E-state index in [1.54, 1.807) is 12.3 Å². The lowest BCUT2D eigenvalue weighted by Gasteiger charge is -1.96. The van der Waals surface area contributed by atoms with E-state index < -0.39 is 6.03 Å². The average molecular weight is 126 g/mol. The summed E-state index contributed by atoms with van der Waals surface area (Å²) < 4.78 is 0. The summed E-state index contributed by atoms with van der Waals surface area (Å²) in [5.41, 5.74) is 7.00. The van der Waals surface area contributed by atoms with Gasteiger partial charge in [0, 0.05) is 6.20 Å². The molecule has 1 heterocycles. The number of aromatic nitrogens is 2. The second kappa shape index (κ2) is 2.17. The van der Waals surface area contributed by atoms with Crippen LogP contribution >= 0.6 is 0 Å². The molecular weight excluding hydrogens is 120 g/mol. The second-order valence-corrected chi connectivity index (χ2v) is 1.43. The Hall–Kier alpha value is -1.52. The van der Waals surface area contributed by atoms with Gasteiger partial charge >= 0.3 is 6.03 Å². The number of carbonyl (C=O) groups is 1. The van der Waals surface area contributed by atoms with Crippen LogP contribution in [-0.2, 0) is 0 Å². The highest BCUT2D eigenvalue weighted by atomic mass is 16.2. The molecule has 0 aliphatic rings. The van der Waals surface area contributed by atoms with Gasteiger partial charge in [0.25, 0.3) is 0 Å². The summed E-state index contributed by atoms with van der Waals surface area (Å²) in [6.45, 7) is 0. The zero-order chi connectivity index (χ0) is 6.69. The first-order valence-corrected chi connectivity index (χ1v) is 2.35. The summed E-state index contributed by atoms with van der Waals surface area (Å²) in [5.74, 6) is 0. The molecule has 0 radical (unpaired) electrons. The summed E-state index contributed by atoms with van der Waals surface area (Å²) in [6.07, 6.45) is 3.11. The summed E-state index contributed by atoms with van der Waals surface area (Å²) in [4.78, 5) is 11.3. The Labute approximate surface area is 51.4 Å². The van der Waals surface area contributed by atoms with Gasteiger partial charge in [0.1, 0.15) is 0 Å². The number of nitrogens with zero attached hydrogens (tertiary/aromatic N) is 2. The van der Waals surface area contributed by atoms with Crippen molar-refractivity contribution in [1.82, 2.24) is 9.89 Å². The quantitative estimate of drug-likeness (QED) is 0.532. The Morgan fingerprint density at radius 1 is 1.78 bits per heavy atom. The van der Waals surface area contributed by atoms with E-state index in [1.165, 1.54) is 11.0 Å². The van der Waals surface area contributed by atoms with Gasteiger partial charge in [-0.1, -0.05) is 0 Å². The van der Waals surface area contributed by atoms with Gasteiger partial charge in [-0.25, -0.2) is 10.2 Å². The SMILES string of the molecule is NC(=O)Nn1cccn1. The van der Waals surface area contributed by atoms with Crippen LogP contribution in [0.25, 0.3) is 0 Å². The summed E-state index contributed by atoms with van der Waals surface area (Å²) >= 11 is 0. The van der Waals surface area contributed by atoms with E-state index in [1.807, 2.05) is 0 Å². The van der Waals surface area contributed by atoms with Crippen molar-refractivity contribution in [2.75, 3.05) is 5.43 Å². The minimum Gasteiger partial charge on any atom is -0.350 e. The summed E-state index contributed by atoms with van der Waals surface area (Å²) in [5, 5.41) is 3.66. The van der Waals surface area contributed by atoms with E-state index in [0.29, 0.717) is 0 Å². The van der Waals surface area contributed by atoms with Crippen LogP contribution in [0.15, 0.2) is 18.5 Å². The lowest BCUT2D eigenvalue weighted by Crippen LogP contribution is -2.28. The molecule has 0 saturated heterocycles. The molecule has 3 N–H and O–H groups in total. The molecule has 0 bridgehead atoms. The van der Waals surface area contributed by atoms with Gasteiger partial charge in [0.2, 0.25) is 0 Å². The molecule has 48 valence electrons. The monoisotopic (exact) mass is 126 g/mol. The van der Waals surface area contributed by atoms with E-state index in [0.717, 1.165) is 0 Å². The van der Waals surface area contributed by atoms with Crippen LogP contribution in [0.1, 0.15) is 0 Å². The van der Waals surface area contributed by atoms with Gasteiger partial charge in [-0.2, -0.15) is 9.89 Å². The Bertz CT molecular complexity index is 192. The molecule has 0 unspecified atom stereocenters. The minimum atomic E-state index is -0.626. The number of rotatable bonds is 1. The molecule has 1 aromatic heterocycles. The highest BCUT2D eigenvalue weighted by Crippen LogP contribution is 1.76. The van der Waals surface area contributed by atoms with Crippen molar-refractivity contribution in [3.05, 3.63) is 18.5 Å². The van der Waals surface area contributed by atoms with Crippen molar-refractivity contribution >= 4 is 6.03 Å². The van der Waals surface area contributed by atoms with Gasteiger partial charge in [-0.05, 0) is 6.07 Å². The number of urea groups is 1. The molecular formula is C4H6N4O. The number of hydrogen-bond donors (Lipinski definition) is 2. The van der Waals surface area contributed by atoms with Crippen molar-refractivity contribution in [2.24, 2.45) is 5.73 Å². The molecule has 0 atom stereocenters. The maximum atomic E-state index is 10.1. The van der Waals surface area contributed by atoms with E-state index in [2.05, 4.69) is 10.5 Å². The molecule has 0 spiro atoms. The Morgan fingerprint density at radius 2 is 2.56 bits per heavy atom. The maximum absolute atomic E-state index is 10.1. The van der Waals surface area contributed by atoms with Crippen molar-refractivity contribution < 1.29 is 4.79 Å². The lowest BCUT2D eigenvalue weighted by atomic mass is 10.8. The predicted molar refractivity (Wildman–Crippen MR) is 31.2 cm³/mol. The highest BCUT2D eigenvalue weighted by molar-refractivity contribution is 5.79. The predicted octanol–water partition coefficient (Wildman–Crippen LogP) is -0.495. The Morgan fingerprint density at radius 3 is 3.00 bits per heavy atom. The molecule has 0 fully saturated rings. The van der Waals surface area contributed by atoms with Crippen LogP contribution in [0.5, 0.6) is 0 Å². The number of nitrogens with one attached hydrogen (secondary N) is 1. The van der Waals surface area contributed by atoms with Crippen LogP contribution in [0, 0.1) is 0 Å². The van der Waals surface area contributed by atoms with Gasteiger partial charge in [-0.3, -0.25) is 0 Å². The van der Waals surface area contributed by atoms with E-state index in [4.69, 9.17) is 5.73 Å². The smallest absolute Gasteiger partial charge is 0.332 e. The lowest BCUT2D eigenvalue weighted by molar-refractivity contribution is 0.256. The van der Waals surface area contributed by atoms with Gasteiger partial charge in [0.15, 0.2) is 0 Å². The molecule has 0 saturated carbocycles. The van der Waals surface area contributed by atoms with Crippen molar-refractivity contribution in [2.45, 2.75) is 0 Å².